The Kier molecular flexibility index (Phi) is 6.63. The number of pyridine rings is 1. The molecular formula is C30H31NO5. The van der Waals surface area contributed by atoms with Crippen molar-refractivity contribution in [3.63, 3.8) is 0 Å². The topological polar surface area (TPSA) is 77.9 Å². The van der Waals surface area contributed by atoms with Crippen molar-refractivity contribution in [1.29, 1.82) is 0 Å². The highest BCUT2D eigenvalue weighted by atomic mass is 16.5. The van der Waals surface area contributed by atoms with Crippen LogP contribution >= 0.6 is 0 Å². The summed E-state index contributed by atoms with van der Waals surface area (Å²) in [6.07, 6.45) is 1.67. The molecule has 0 amide bonds. The molecule has 1 aromatic heterocycles. The second-order valence-corrected chi connectivity index (χ2v) is 9.92. The molecule has 1 unspecified atom stereocenters. The van der Waals surface area contributed by atoms with E-state index in [4.69, 9.17) is 14.2 Å². The van der Waals surface area contributed by atoms with E-state index in [0.717, 1.165) is 16.5 Å². The summed E-state index contributed by atoms with van der Waals surface area (Å²) < 4.78 is 17.0. The van der Waals surface area contributed by atoms with E-state index in [0.29, 0.717) is 34.1 Å². The van der Waals surface area contributed by atoms with Crippen LogP contribution in [0.15, 0.2) is 72.9 Å². The lowest BCUT2D eigenvalue weighted by Gasteiger charge is -2.27. The Labute approximate surface area is 211 Å². The number of carboxylic acids is 1. The number of methoxy groups -OCH3 is 2. The Morgan fingerprint density at radius 1 is 0.750 bits per heavy atom. The van der Waals surface area contributed by atoms with Gasteiger partial charge in [-0.05, 0) is 53.3 Å². The molecule has 0 saturated heterocycles. The standard InChI is InChI=1S/C30H31NO5/c1-29(2,3)19-7-9-20(10-8-19)30(4,28(32)33)21-11-13-22(14-12-21)36-25-15-16-31-24-18-27(35-6)26(34-5)17-23(24)25/h7-18H,1-6H3,(H,32,33). The number of ether oxygens (including phenoxy) is 3. The molecule has 186 valence electrons. The zero-order chi connectivity index (χ0) is 26.1. The third-order valence-corrected chi connectivity index (χ3v) is 6.62. The number of nitrogens with zero attached hydrogens (tertiary/aromatic N) is 1. The van der Waals surface area contributed by atoms with Gasteiger partial charge in [-0.15, -0.1) is 0 Å². The highest BCUT2D eigenvalue weighted by Crippen LogP contribution is 2.38. The molecule has 0 saturated carbocycles. The van der Waals surface area contributed by atoms with Gasteiger partial charge in [-0.1, -0.05) is 57.2 Å². The third-order valence-electron chi connectivity index (χ3n) is 6.62. The van der Waals surface area contributed by atoms with Crippen LogP contribution in [0.4, 0.5) is 0 Å². The van der Waals surface area contributed by atoms with Crippen LogP contribution in [0, 0.1) is 0 Å². The van der Waals surface area contributed by atoms with Crippen molar-refractivity contribution in [1.82, 2.24) is 4.98 Å². The van der Waals surface area contributed by atoms with E-state index in [1.807, 2.05) is 30.3 Å². The van der Waals surface area contributed by atoms with Crippen molar-refractivity contribution in [2.75, 3.05) is 14.2 Å². The van der Waals surface area contributed by atoms with Crippen LogP contribution in [0.3, 0.4) is 0 Å². The Morgan fingerprint density at radius 2 is 1.28 bits per heavy atom. The zero-order valence-corrected chi connectivity index (χ0v) is 21.5. The van der Waals surface area contributed by atoms with Gasteiger partial charge in [0, 0.05) is 17.6 Å². The molecule has 6 nitrogen and oxygen atoms in total. The fourth-order valence-corrected chi connectivity index (χ4v) is 4.24. The van der Waals surface area contributed by atoms with Gasteiger partial charge in [0.15, 0.2) is 11.5 Å². The van der Waals surface area contributed by atoms with E-state index in [2.05, 4.69) is 25.8 Å². The Bertz CT molecular complexity index is 1390. The van der Waals surface area contributed by atoms with Gasteiger partial charge in [0.25, 0.3) is 0 Å². The maximum absolute atomic E-state index is 12.5. The molecule has 4 rings (SSSR count). The van der Waals surface area contributed by atoms with Crippen LogP contribution < -0.4 is 14.2 Å². The van der Waals surface area contributed by atoms with Crippen molar-refractivity contribution >= 4 is 16.9 Å². The van der Waals surface area contributed by atoms with E-state index in [-0.39, 0.29) is 5.41 Å². The molecular weight excluding hydrogens is 454 g/mol. The maximum Gasteiger partial charge on any atom is 0.318 e. The molecule has 4 aromatic rings. The highest BCUT2D eigenvalue weighted by molar-refractivity contribution is 5.88. The van der Waals surface area contributed by atoms with E-state index in [1.54, 1.807) is 63.7 Å². The number of aliphatic carboxylic acids is 1. The van der Waals surface area contributed by atoms with Crippen LogP contribution in [0.1, 0.15) is 44.4 Å². The van der Waals surface area contributed by atoms with Crippen LogP contribution in [-0.2, 0) is 15.6 Å². The van der Waals surface area contributed by atoms with Gasteiger partial charge < -0.3 is 19.3 Å². The van der Waals surface area contributed by atoms with Gasteiger partial charge in [-0.25, -0.2) is 0 Å². The van der Waals surface area contributed by atoms with Crippen molar-refractivity contribution in [2.24, 2.45) is 0 Å². The van der Waals surface area contributed by atoms with Crippen LogP contribution in [0.2, 0.25) is 0 Å². The molecule has 0 radical (unpaired) electrons. The van der Waals surface area contributed by atoms with Gasteiger partial charge in [-0.2, -0.15) is 0 Å². The Morgan fingerprint density at radius 3 is 1.81 bits per heavy atom. The lowest BCUT2D eigenvalue weighted by molar-refractivity contribution is -0.141. The fourth-order valence-electron chi connectivity index (χ4n) is 4.24. The molecule has 0 aliphatic rings. The zero-order valence-electron chi connectivity index (χ0n) is 21.5. The summed E-state index contributed by atoms with van der Waals surface area (Å²) in [7, 11) is 3.16. The summed E-state index contributed by atoms with van der Waals surface area (Å²) in [5.41, 5.74) is 2.03. The Hall–Kier alpha value is -4.06. The van der Waals surface area contributed by atoms with Crippen LogP contribution in [0.25, 0.3) is 10.9 Å². The lowest BCUT2D eigenvalue weighted by atomic mass is 9.75. The van der Waals surface area contributed by atoms with Crippen LogP contribution in [0.5, 0.6) is 23.0 Å². The van der Waals surface area contributed by atoms with Gasteiger partial charge in [-0.3, -0.25) is 9.78 Å². The summed E-state index contributed by atoms with van der Waals surface area (Å²) in [6.45, 7) is 8.13. The molecule has 6 heteroatoms. The highest BCUT2D eigenvalue weighted by Gasteiger charge is 2.37. The smallest absolute Gasteiger partial charge is 0.318 e. The number of carbonyl (C=O) groups is 1. The Balaban J connectivity index is 1.66. The molecule has 3 aromatic carbocycles. The number of carboxylic acid groups (broad SMARTS) is 1. The molecule has 1 heterocycles. The number of rotatable bonds is 7. The molecule has 0 bridgehead atoms. The average molecular weight is 486 g/mol. The summed E-state index contributed by atoms with van der Waals surface area (Å²) >= 11 is 0. The minimum absolute atomic E-state index is 0.0105. The van der Waals surface area contributed by atoms with E-state index in [1.165, 1.54) is 0 Å². The SMILES string of the molecule is COc1cc2nccc(Oc3ccc(C(C)(C(=O)O)c4ccc(C(C)(C)C)cc4)cc3)c2cc1OC. The van der Waals surface area contributed by atoms with Gasteiger partial charge in [0.1, 0.15) is 16.9 Å². The molecule has 0 spiro atoms. The van der Waals surface area contributed by atoms with Crippen LogP contribution in [-0.4, -0.2) is 30.3 Å². The van der Waals surface area contributed by atoms with Gasteiger partial charge in [0.2, 0.25) is 0 Å². The molecule has 1 atom stereocenters. The normalized spacial score (nSPS) is 13.2. The van der Waals surface area contributed by atoms with E-state index < -0.39 is 11.4 Å². The van der Waals surface area contributed by atoms with E-state index >= 15 is 0 Å². The number of benzene rings is 3. The number of aromatic nitrogens is 1. The molecule has 0 aliphatic heterocycles. The number of fused-ring (bicyclic) bond motifs is 1. The second-order valence-electron chi connectivity index (χ2n) is 9.92. The van der Waals surface area contributed by atoms with Crippen molar-refractivity contribution in [3.8, 4) is 23.0 Å². The van der Waals surface area contributed by atoms with Crippen molar-refractivity contribution < 1.29 is 24.1 Å². The molecule has 0 fully saturated rings. The van der Waals surface area contributed by atoms with Gasteiger partial charge in [0.05, 0.1) is 19.7 Å². The molecule has 0 aliphatic carbocycles. The maximum atomic E-state index is 12.5. The first kappa shape index (κ1) is 25.0. The number of hydrogen-bond donors (Lipinski definition) is 1. The number of hydrogen-bond acceptors (Lipinski definition) is 5. The summed E-state index contributed by atoms with van der Waals surface area (Å²) in [5.74, 6) is 1.43. The second kappa shape index (κ2) is 9.53. The molecule has 1 N–H and O–H groups in total. The largest absolute Gasteiger partial charge is 0.493 e. The summed E-state index contributed by atoms with van der Waals surface area (Å²) in [4.78, 5) is 16.9. The van der Waals surface area contributed by atoms with Crippen molar-refractivity contribution in [2.45, 2.75) is 38.5 Å². The predicted molar refractivity (Wildman–Crippen MR) is 141 cm³/mol. The summed E-state index contributed by atoms with van der Waals surface area (Å²) in [5, 5.41) is 11.0. The minimum atomic E-state index is -1.21. The average Bonchev–Trinajstić information content (AvgIpc) is 2.87. The third kappa shape index (κ3) is 4.59. The molecule has 36 heavy (non-hydrogen) atoms. The first-order valence-electron chi connectivity index (χ1n) is 11.7. The van der Waals surface area contributed by atoms with Gasteiger partial charge >= 0.3 is 5.97 Å². The predicted octanol–water partition coefficient (Wildman–Crippen LogP) is 6.73. The minimum Gasteiger partial charge on any atom is -0.493 e. The quantitative estimate of drug-likeness (QED) is 0.313. The monoisotopic (exact) mass is 485 g/mol. The first-order valence-corrected chi connectivity index (χ1v) is 11.7. The van der Waals surface area contributed by atoms with E-state index in [9.17, 15) is 9.90 Å². The lowest BCUT2D eigenvalue weighted by Crippen LogP contribution is -2.33. The van der Waals surface area contributed by atoms with Crippen molar-refractivity contribution in [3.05, 3.63) is 89.6 Å². The first-order chi connectivity index (χ1) is 17.1. The fraction of sp³-hybridized carbons (Fsp3) is 0.267. The summed E-state index contributed by atoms with van der Waals surface area (Å²) in [6, 6.07) is 20.4.